The Morgan fingerprint density at radius 3 is 1.53 bits per heavy atom. The van der Waals surface area contributed by atoms with Gasteiger partial charge >= 0.3 is 0 Å². The van der Waals surface area contributed by atoms with E-state index in [2.05, 4.69) is 280 Å². The Morgan fingerprint density at radius 2 is 0.797 bits per heavy atom. The van der Waals surface area contributed by atoms with Crippen molar-refractivity contribution in [3.8, 4) is 11.1 Å². The van der Waals surface area contributed by atoms with Crippen molar-refractivity contribution < 1.29 is 0 Å². The lowest BCUT2D eigenvalue weighted by Crippen LogP contribution is -2.24. The number of hydrogen-bond donors (Lipinski definition) is 0. The first-order chi connectivity index (χ1) is 36.2. The summed E-state index contributed by atoms with van der Waals surface area (Å²) >= 11 is 0. The van der Waals surface area contributed by atoms with Crippen molar-refractivity contribution in [2.75, 3.05) is 9.80 Å². The summed E-state index contributed by atoms with van der Waals surface area (Å²) in [7, 11) is 0. The zero-order valence-electron chi connectivity index (χ0n) is 42.1. The molecule has 352 valence electrons. The fraction of sp³-hybridized carbons (Fsp3) is 0.111. The number of hydrogen-bond acceptors (Lipinski definition) is 2. The Balaban J connectivity index is 0.897. The highest BCUT2D eigenvalue weighted by Crippen LogP contribution is 2.55. The van der Waals surface area contributed by atoms with Crippen molar-refractivity contribution in [1.82, 2.24) is 0 Å². The van der Waals surface area contributed by atoms with Crippen LogP contribution in [-0.2, 0) is 10.8 Å². The van der Waals surface area contributed by atoms with Crippen molar-refractivity contribution in [2.24, 2.45) is 5.92 Å². The van der Waals surface area contributed by atoms with Crippen molar-refractivity contribution >= 4 is 98.8 Å². The molecule has 0 fully saturated rings. The highest BCUT2D eigenvalue weighted by molar-refractivity contribution is 6.32. The van der Waals surface area contributed by atoms with Gasteiger partial charge in [-0.05, 0) is 182 Å². The van der Waals surface area contributed by atoms with Crippen LogP contribution in [0.3, 0.4) is 0 Å². The third-order valence-corrected chi connectivity index (χ3v) is 17.4. The van der Waals surface area contributed by atoms with Crippen molar-refractivity contribution in [3.05, 3.63) is 265 Å². The van der Waals surface area contributed by atoms with Gasteiger partial charge in [-0.3, -0.25) is 0 Å². The van der Waals surface area contributed by atoms with Crippen LogP contribution in [-0.4, -0.2) is 0 Å². The molecule has 2 atom stereocenters. The molecule has 74 heavy (non-hydrogen) atoms. The van der Waals surface area contributed by atoms with Gasteiger partial charge in [0.2, 0.25) is 0 Å². The standard InChI is InChI=1S/C72H54N2/c1-71(2)66-23-13-11-20-59(66)61-37-32-54(43-68(61)71)73(50-28-25-45-15-5-7-17-47(45)39-50)52-30-35-56-49(41-52)27-34-64-58-36-31-53(42-65(58)57-19-9-10-22-63(57)70(56)64)74(51-29-26-46-16-6-8-18-48(46)40-51)55-33-38-62-60-21-12-14-24-67(60)72(3,4)69(62)44-55/h5-44,60,67H,1-4H3. The number of nitrogens with zero attached hydrogens (tertiary/aromatic N) is 2. The van der Waals surface area contributed by atoms with E-state index < -0.39 is 0 Å². The van der Waals surface area contributed by atoms with E-state index in [1.807, 2.05) is 0 Å². The van der Waals surface area contributed by atoms with E-state index in [4.69, 9.17) is 0 Å². The zero-order chi connectivity index (χ0) is 49.5. The van der Waals surface area contributed by atoms with Crippen molar-refractivity contribution in [2.45, 2.75) is 44.4 Å². The molecule has 3 aliphatic carbocycles. The van der Waals surface area contributed by atoms with Gasteiger partial charge in [0.15, 0.2) is 0 Å². The molecular formula is C72H54N2. The van der Waals surface area contributed by atoms with E-state index in [1.165, 1.54) is 104 Å². The SMILES string of the molecule is CC1(C)c2ccccc2-c2ccc(N(c3ccc4ccccc4c3)c3ccc4c(ccc5c6ccc(N(c7ccc8c(c7)C(C)(C)C7C=CC=CC87)c7ccc8ccccc8c7)cc6c6ccccc6c45)c3)cc21. The monoisotopic (exact) mass is 946 g/mol. The maximum atomic E-state index is 2.49. The molecule has 0 spiro atoms. The molecular weight excluding hydrogens is 893 g/mol. The number of rotatable bonds is 6. The third-order valence-electron chi connectivity index (χ3n) is 17.4. The van der Waals surface area contributed by atoms with E-state index in [0.717, 1.165) is 28.4 Å². The van der Waals surface area contributed by atoms with Crippen LogP contribution in [0.5, 0.6) is 0 Å². The molecule has 15 rings (SSSR count). The normalized spacial score (nSPS) is 16.8. The lowest BCUT2D eigenvalue weighted by Gasteiger charge is -2.30. The summed E-state index contributed by atoms with van der Waals surface area (Å²) in [6, 6.07) is 82.5. The Morgan fingerprint density at radius 1 is 0.324 bits per heavy atom. The van der Waals surface area contributed by atoms with Gasteiger partial charge in [-0.15, -0.1) is 0 Å². The van der Waals surface area contributed by atoms with Crippen LogP contribution in [0.2, 0.25) is 0 Å². The molecule has 2 heteroatoms. The largest absolute Gasteiger partial charge is 0.310 e. The predicted molar refractivity (Wildman–Crippen MR) is 316 cm³/mol. The first-order valence-corrected chi connectivity index (χ1v) is 26.3. The first-order valence-electron chi connectivity index (χ1n) is 26.3. The van der Waals surface area contributed by atoms with Gasteiger partial charge in [-0.2, -0.15) is 0 Å². The lowest BCUT2D eigenvalue weighted by atomic mass is 9.74. The first kappa shape index (κ1) is 42.9. The van der Waals surface area contributed by atoms with Crippen LogP contribution in [0.1, 0.15) is 55.9 Å². The Bertz CT molecular complexity index is 4390. The van der Waals surface area contributed by atoms with Gasteiger partial charge in [0, 0.05) is 45.5 Å². The molecule has 0 aromatic heterocycles. The number of fused-ring (bicyclic) bond motifs is 16. The van der Waals surface area contributed by atoms with E-state index in [9.17, 15) is 0 Å². The van der Waals surface area contributed by atoms with E-state index in [1.54, 1.807) is 0 Å². The number of benzene rings is 12. The van der Waals surface area contributed by atoms with Gasteiger partial charge in [-0.1, -0.05) is 198 Å². The second-order valence-electron chi connectivity index (χ2n) is 22.1. The molecule has 0 radical (unpaired) electrons. The summed E-state index contributed by atoms with van der Waals surface area (Å²) < 4.78 is 0. The molecule has 0 amide bonds. The van der Waals surface area contributed by atoms with Gasteiger partial charge in [-0.25, -0.2) is 0 Å². The molecule has 0 aliphatic heterocycles. The topological polar surface area (TPSA) is 6.48 Å². The molecule has 12 aromatic rings. The van der Waals surface area contributed by atoms with E-state index >= 15 is 0 Å². The summed E-state index contributed by atoms with van der Waals surface area (Å²) in [6.45, 7) is 9.59. The lowest BCUT2D eigenvalue weighted by molar-refractivity contribution is 0.394. The maximum Gasteiger partial charge on any atom is 0.0468 e. The average Bonchev–Trinajstić information content (AvgIpc) is 3.84. The maximum absolute atomic E-state index is 2.49. The smallest absolute Gasteiger partial charge is 0.0468 e. The third kappa shape index (κ3) is 6.31. The highest BCUT2D eigenvalue weighted by atomic mass is 15.1. The minimum Gasteiger partial charge on any atom is -0.310 e. The molecule has 3 aliphatic rings. The molecule has 2 nitrogen and oxygen atoms in total. The summed E-state index contributed by atoms with van der Waals surface area (Å²) in [5.41, 5.74) is 15.0. The minimum absolute atomic E-state index is 0.00487. The van der Waals surface area contributed by atoms with Crippen LogP contribution < -0.4 is 9.80 Å². The Kier molecular flexibility index (Phi) is 9.21. The Hall–Kier alpha value is -8.72. The van der Waals surface area contributed by atoms with Crippen molar-refractivity contribution in [3.63, 3.8) is 0 Å². The van der Waals surface area contributed by atoms with Gasteiger partial charge in [0.05, 0.1) is 0 Å². The number of allylic oxidation sites excluding steroid dienone is 4. The molecule has 0 saturated heterocycles. The fourth-order valence-electron chi connectivity index (χ4n) is 13.7. The molecule has 0 heterocycles. The highest BCUT2D eigenvalue weighted by Gasteiger charge is 2.45. The van der Waals surface area contributed by atoms with E-state index in [-0.39, 0.29) is 10.8 Å². The molecule has 12 aromatic carbocycles. The second-order valence-corrected chi connectivity index (χ2v) is 22.1. The van der Waals surface area contributed by atoms with Crippen molar-refractivity contribution in [1.29, 1.82) is 0 Å². The Labute approximate surface area is 432 Å². The van der Waals surface area contributed by atoms with Gasteiger partial charge in [0.25, 0.3) is 0 Å². The zero-order valence-corrected chi connectivity index (χ0v) is 42.1. The van der Waals surface area contributed by atoms with Crippen LogP contribution in [0.15, 0.2) is 243 Å². The van der Waals surface area contributed by atoms with Crippen LogP contribution >= 0.6 is 0 Å². The molecule has 0 bridgehead atoms. The number of anilines is 6. The summed E-state index contributed by atoms with van der Waals surface area (Å²) in [4.78, 5) is 4.94. The van der Waals surface area contributed by atoms with Gasteiger partial charge in [0.1, 0.15) is 0 Å². The summed E-state index contributed by atoms with van der Waals surface area (Å²) in [6.07, 6.45) is 9.27. The van der Waals surface area contributed by atoms with E-state index in [0.29, 0.717) is 11.8 Å². The molecule has 2 unspecified atom stereocenters. The quantitative estimate of drug-likeness (QED) is 0.153. The average molecular weight is 947 g/mol. The molecule has 0 N–H and O–H groups in total. The fourth-order valence-corrected chi connectivity index (χ4v) is 13.7. The van der Waals surface area contributed by atoms with Gasteiger partial charge < -0.3 is 9.80 Å². The summed E-state index contributed by atoms with van der Waals surface area (Å²) in [5, 5.41) is 15.0. The second kappa shape index (κ2) is 15.9. The summed E-state index contributed by atoms with van der Waals surface area (Å²) in [5.74, 6) is 0.838. The predicted octanol–water partition coefficient (Wildman–Crippen LogP) is 20.0. The van der Waals surface area contributed by atoms with Crippen LogP contribution in [0.25, 0.3) is 75.8 Å². The molecule has 0 saturated carbocycles. The van der Waals surface area contributed by atoms with Crippen LogP contribution in [0.4, 0.5) is 34.1 Å². The van der Waals surface area contributed by atoms with Crippen LogP contribution in [0, 0.1) is 5.92 Å². The minimum atomic E-state index is -0.119.